The molecule has 0 aliphatic heterocycles. The molecule has 1 heterocycles. The van der Waals surface area contributed by atoms with E-state index in [1.807, 2.05) is 0 Å². The number of carboxylic acid groups (broad SMARTS) is 1. The van der Waals surface area contributed by atoms with E-state index in [9.17, 15) is 9.59 Å². The van der Waals surface area contributed by atoms with Gasteiger partial charge in [-0.3, -0.25) is 4.68 Å². The standard InChI is InChI=1S/C14H14N2O5/c1-3-16-12(13(17)18)8-11(15-16)14(19)21-10-6-4-5-9(7-10)20-2/h4-8H,3H2,1-2H3,(H,17,18). The monoisotopic (exact) mass is 290 g/mol. The minimum absolute atomic E-state index is 0.0583. The summed E-state index contributed by atoms with van der Waals surface area (Å²) in [4.78, 5) is 23.0. The molecular weight excluding hydrogens is 276 g/mol. The zero-order chi connectivity index (χ0) is 15.4. The van der Waals surface area contributed by atoms with Gasteiger partial charge in [-0.15, -0.1) is 0 Å². The number of hydrogen-bond donors (Lipinski definition) is 1. The van der Waals surface area contributed by atoms with Crippen LogP contribution in [-0.2, 0) is 6.54 Å². The number of rotatable bonds is 5. The highest BCUT2D eigenvalue weighted by atomic mass is 16.5. The number of aromatic carboxylic acids is 1. The number of ether oxygens (including phenoxy) is 2. The van der Waals surface area contributed by atoms with Crippen molar-refractivity contribution in [2.45, 2.75) is 13.5 Å². The van der Waals surface area contributed by atoms with Gasteiger partial charge in [0.2, 0.25) is 0 Å². The fraction of sp³-hybridized carbons (Fsp3) is 0.214. The summed E-state index contributed by atoms with van der Waals surface area (Å²) in [6.45, 7) is 2.07. The summed E-state index contributed by atoms with van der Waals surface area (Å²) in [5, 5.41) is 12.9. The normalized spacial score (nSPS) is 10.2. The van der Waals surface area contributed by atoms with Gasteiger partial charge < -0.3 is 14.6 Å². The van der Waals surface area contributed by atoms with Gasteiger partial charge in [-0.25, -0.2) is 9.59 Å². The van der Waals surface area contributed by atoms with Crippen molar-refractivity contribution in [1.82, 2.24) is 9.78 Å². The van der Waals surface area contributed by atoms with Crippen LogP contribution in [0.15, 0.2) is 30.3 Å². The summed E-state index contributed by atoms with van der Waals surface area (Å²) < 4.78 is 11.4. The average Bonchev–Trinajstić information content (AvgIpc) is 2.92. The second kappa shape index (κ2) is 6.08. The second-order valence-corrected chi connectivity index (χ2v) is 4.10. The Morgan fingerprint density at radius 2 is 2.00 bits per heavy atom. The van der Waals surface area contributed by atoms with Crippen molar-refractivity contribution in [2.24, 2.45) is 0 Å². The molecule has 7 nitrogen and oxygen atoms in total. The van der Waals surface area contributed by atoms with Crippen molar-refractivity contribution >= 4 is 11.9 Å². The van der Waals surface area contributed by atoms with E-state index < -0.39 is 11.9 Å². The Bertz CT molecular complexity index is 678. The molecule has 0 amide bonds. The number of carbonyl (C=O) groups excluding carboxylic acids is 1. The van der Waals surface area contributed by atoms with Crippen molar-refractivity contribution in [3.8, 4) is 11.5 Å². The van der Waals surface area contributed by atoms with E-state index in [1.165, 1.54) is 17.9 Å². The Morgan fingerprint density at radius 3 is 2.57 bits per heavy atom. The molecule has 7 heteroatoms. The van der Waals surface area contributed by atoms with Crippen LogP contribution in [0.4, 0.5) is 0 Å². The highest BCUT2D eigenvalue weighted by Gasteiger charge is 2.19. The van der Waals surface area contributed by atoms with E-state index in [4.69, 9.17) is 14.6 Å². The molecule has 2 rings (SSSR count). The van der Waals surface area contributed by atoms with Crippen LogP contribution < -0.4 is 9.47 Å². The number of aromatic nitrogens is 2. The van der Waals surface area contributed by atoms with Crippen LogP contribution in [0.3, 0.4) is 0 Å². The van der Waals surface area contributed by atoms with E-state index in [-0.39, 0.29) is 11.4 Å². The van der Waals surface area contributed by atoms with Gasteiger partial charge in [-0.1, -0.05) is 6.07 Å². The summed E-state index contributed by atoms with van der Waals surface area (Å²) in [5.74, 6) is -1.03. The first kappa shape index (κ1) is 14.6. The van der Waals surface area contributed by atoms with Crippen LogP contribution >= 0.6 is 0 Å². The van der Waals surface area contributed by atoms with Gasteiger partial charge in [0.15, 0.2) is 5.69 Å². The lowest BCUT2D eigenvalue weighted by Crippen LogP contribution is -2.11. The van der Waals surface area contributed by atoms with E-state index >= 15 is 0 Å². The molecule has 0 saturated carbocycles. The second-order valence-electron chi connectivity index (χ2n) is 4.10. The smallest absolute Gasteiger partial charge is 0.364 e. The highest BCUT2D eigenvalue weighted by Crippen LogP contribution is 2.20. The number of hydrogen-bond acceptors (Lipinski definition) is 5. The maximum atomic E-state index is 12.0. The van der Waals surface area contributed by atoms with E-state index in [1.54, 1.807) is 31.2 Å². The molecule has 21 heavy (non-hydrogen) atoms. The lowest BCUT2D eigenvalue weighted by atomic mass is 10.3. The van der Waals surface area contributed by atoms with E-state index in [0.29, 0.717) is 18.0 Å². The molecular formula is C14H14N2O5. The largest absolute Gasteiger partial charge is 0.497 e. The van der Waals surface area contributed by atoms with Gasteiger partial charge in [0, 0.05) is 18.7 Å². The molecule has 1 aromatic heterocycles. The Labute approximate surface area is 120 Å². The third-order valence-corrected chi connectivity index (χ3v) is 2.76. The maximum absolute atomic E-state index is 12.0. The summed E-state index contributed by atoms with van der Waals surface area (Å²) in [7, 11) is 1.50. The summed E-state index contributed by atoms with van der Waals surface area (Å²) in [6.07, 6.45) is 0. The zero-order valence-corrected chi connectivity index (χ0v) is 11.6. The number of esters is 1. The molecule has 0 unspecified atom stereocenters. The summed E-state index contributed by atoms with van der Waals surface area (Å²) >= 11 is 0. The highest BCUT2D eigenvalue weighted by molar-refractivity contribution is 5.93. The van der Waals surface area contributed by atoms with E-state index in [0.717, 1.165) is 0 Å². The van der Waals surface area contributed by atoms with Crippen molar-refractivity contribution < 1.29 is 24.2 Å². The maximum Gasteiger partial charge on any atom is 0.364 e. The number of benzene rings is 1. The lowest BCUT2D eigenvalue weighted by molar-refractivity contribution is 0.0681. The van der Waals surface area contributed by atoms with Gasteiger partial charge in [0.25, 0.3) is 0 Å². The van der Waals surface area contributed by atoms with Crippen LogP contribution in [0.5, 0.6) is 11.5 Å². The molecule has 110 valence electrons. The van der Waals surface area contributed by atoms with Crippen molar-refractivity contribution in [2.75, 3.05) is 7.11 Å². The van der Waals surface area contributed by atoms with Gasteiger partial charge in [0.05, 0.1) is 7.11 Å². The molecule has 0 fully saturated rings. The van der Waals surface area contributed by atoms with Crippen LogP contribution in [0, 0.1) is 0 Å². The lowest BCUT2D eigenvalue weighted by Gasteiger charge is -2.04. The quantitative estimate of drug-likeness (QED) is 0.667. The molecule has 0 aliphatic rings. The first-order valence-corrected chi connectivity index (χ1v) is 6.22. The first-order chi connectivity index (χ1) is 10.0. The molecule has 1 aromatic carbocycles. The van der Waals surface area contributed by atoms with Crippen LogP contribution in [0.25, 0.3) is 0 Å². The molecule has 0 radical (unpaired) electrons. The number of carbonyl (C=O) groups is 2. The Morgan fingerprint density at radius 1 is 1.29 bits per heavy atom. The average molecular weight is 290 g/mol. The summed E-state index contributed by atoms with van der Waals surface area (Å²) in [5.41, 5.74) is -0.118. The third kappa shape index (κ3) is 3.19. The van der Waals surface area contributed by atoms with Crippen LogP contribution in [-0.4, -0.2) is 33.9 Å². The number of methoxy groups -OCH3 is 1. The molecule has 2 aromatic rings. The molecule has 1 N–H and O–H groups in total. The Hall–Kier alpha value is -2.83. The SMILES string of the molecule is CCn1nc(C(=O)Oc2cccc(OC)c2)cc1C(=O)O. The Balaban J connectivity index is 2.22. The van der Waals surface area contributed by atoms with Crippen molar-refractivity contribution in [3.63, 3.8) is 0 Å². The summed E-state index contributed by atoms with van der Waals surface area (Å²) in [6, 6.07) is 7.72. The fourth-order valence-corrected chi connectivity index (χ4v) is 1.75. The molecule has 0 atom stereocenters. The Kier molecular flexibility index (Phi) is 4.22. The van der Waals surface area contributed by atoms with Crippen LogP contribution in [0.2, 0.25) is 0 Å². The molecule has 0 bridgehead atoms. The first-order valence-electron chi connectivity index (χ1n) is 6.22. The number of nitrogens with zero attached hydrogens (tertiary/aromatic N) is 2. The molecule has 0 aliphatic carbocycles. The van der Waals surface area contributed by atoms with Crippen molar-refractivity contribution in [3.05, 3.63) is 41.7 Å². The van der Waals surface area contributed by atoms with Gasteiger partial charge >= 0.3 is 11.9 Å². The predicted molar refractivity (Wildman–Crippen MR) is 72.8 cm³/mol. The zero-order valence-electron chi connectivity index (χ0n) is 11.6. The van der Waals surface area contributed by atoms with Crippen LogP contribution in [0.1, 0.15) is 27.9 Å². The number of carboxylic acids is 1. The molecule has 0 saturated heterocycles. The van der Waals surface area contributed by atoms with E-state index in [2.05, 4.69) is 5.10 Å². The topological polar surface area (TPSA) is 90.7 Å². The number of aryl methyl sites for hydroxylation is 1. The minimum atomic E-state index is -1.15. The fourth-order valence-electron chi connectivity index (χ4n) is 1.75. The van der Waals surface area contributed by atoms with Gasteiger partial charge in [-0.05, 0) is 19.1 Å². The minimum Gasteiger partial charge on any atom is -0.497 e. The predicted octanol–water partition coefficient (Wildman–Crippen LogP) is 1.83. The van der Waals surface area contributed by atoms with Gasteiger partial charge in [-0.2, -0.15) is 5.10 Å². The molecule has 0 spiro atoms. The van der Waals surface area contributed by atoms with Gasteiger partial charge in [0.1, 0.15) is 17.2 Å². The van der Waals surface area contributed by atoms with Crippen molar-refractivity contribution in [1.29, 1.82) is 0 Å². The third-order valence-electron chi connectivity index (χ3n) is 2.76.